The molecule has 0 saturated heterocycles. The molecule has 0 aliphatic rings. The van der Waals surface area contributed by atoms with Gasteiger partial charge in [-0.15, -0.1) is 0 Å². The Balaban J connectivity index is 2.58. The zero-order valence-corrected chi connectivity index (χ0v) is 16.4. The summed E-state index contributed by atoms with van der Waals surface area (Å²) < 4.78 is 17.5. The number of hydrogen-bond acceptors (Lipinski definition) is 4. The SMILES string of the molecule is CO[Si](OC)(OC)C(CCN)P(c1ccccc1)c1ccccc1. The molecule has 0 amide bonds. The second-order valence-corrected chi connectivity index (χ2v) is 11.4. The summed E-state index contributed by atoms with van der Waals surface area (Å²) in [6, 6.07) is 21.0. The van der Waals surface area contributed by atoms with Crippen molar-refractivity contribution >= 4 is 27.3 Å². The Labute approximate surface area is 147 Å². The molecule has 0 fully saturated rings. The summed E-state index contributed by atoms with van der Waals surface area (Å²) in [4.78, 5) is 0. The van der Waals surface area contributed by atoms with Crippen LogP contribution >= 0.6 is 7.92 Å². The van der Waals surface area contributed by atoms with Gasteiger partial charge in [0.05, 0.1) is 5.28 Å². The summed E-state index contributed by atoms with van der Waals surface area (Å²) in [5.41, 5.74) is 5.95. The number of benzene rings is 2. The summed E-state index contributed by atoms with van der Waals surface area (Å²) >= 11 is 0. The Morgan fingerprint density at radius 1 is 0.833 bits per heavy atom. The third-order valence-electron chi connectivity index (χ3n) is 4.08. The summed E-state index contributed by atoms with van der Waals surface area (Å²) in [7, 11) is 1.45. The van der Waals surface area contributed by atoms with E-state index in [0.29, 0.717) is 6.54 Å². The lowest BCUT2D eigenvalue weighted by atomic mass is 10.4. The molecule has 0 heterocycles. The van der Waals surface area contributed by atoms with Crippen LogP contribution in [-0.2, 0) is 13.3 Å². The Bertz CT molecular complexity index is 548. The molecule has 4 nitrogen and oxygen atoms in total. The van der Waals surface area contributed by atoms with Gasteiger partial charge in [0, 0.05) is 21.3 Å². The van der Waals surface area contributed by atoms with Crippen LogP contribution in [0.5, 0.6) is 0 Å². The molecule has 0 aliphatic heterocycles. The smallest absolute Gasteiger partial charge is 0.376 e. The summed E-state index contributed by atoms with van der Waals surface area (Å²) in [6.45, 7) is 0.563. The van der Waals surface area contributed by atoms with Crippen LogP contribution in [-0.4, -0.2) is 42.0 Å². The van der Waals surface area contributed by atoms with Crippen LogP contribution in [0.1, 0.15) is 6.42 Å². The molecule has 2 aromatic carbocycles. The molecular formula is C18H26NO3PSi. The molecule has 24 heavy (non-hydrogen) atoms. The quantitative estimate of drug-likeness (QED) is 0.548. The van der Waals surface area contributed by atoms with Gasteiger partial charge in [0.2, 0.25) is 0 Å². The van der Waals surface area contributed by atoms with Crippen LogP contribution < -0.4 is 16.3 Å². The van der Waals surface area contributed by atoms with E-state index in [9.17, 15) is 0 Å². The van der Waals surface area contributed by atoms with Crippen molar-refractivity contribution in [2.24, 2.45) is 5.73 Å². The van der Waals surface area contributed by atoms with Gasteiger partial charge in [-0.3, -0.25) is 0 Å². The highest BCUT2D eigenvalue weighted by Crippen LogP contribution is 2.45. The maximum atomic E-state index is 5.95. The molecule has 6 heteroatoms. The molecule has 0 radical (unpaired) electrons. The van der Waals surface area contributed by atoms with Crippen molar-refractivity contribution in [2.75, 3.05) is 27.9 Å². The molecule has 0 aliphatic carbocycles. The maximum absolute atomic E-state index is 5.95. The first kappa shape index (κ1) is 19.3. The van der Waals surface area contributed by atoms with Crippen LogP contribution in [0.4, 0.5) is 0 Å². The highest BCUT2D eigenvalue weighted by Gasteiger charge is 2.51. The highest BCUT2D eigenvalue weighted by atomic mass is 31.1. The Morgan fingerprint density at radius 3 is 1.58 bits per heavy atom. The summed E-state index contributed by atoms with van der Waals surface area (Å²) in [5, 5.41) is 2.66. The zero-order valence-electron chi connectivity index (χ0n) is 14.5. The number of rotatable bonds is 9. The van der Waals surface area contributed by atoms with E-state index in [-0.39, 0.29) is 5.28 Å². The lowest BCUT2D eigenvalue weighted by Gasteiger charge is -2.38. The van der Waals surface area contributed by atoms with E-state index in [0.717, 1.165) is 6.42 Å². The van der Waals surface area contributed by atoms with Gasteiger partial charge in [-0.1, -0.05) is 60.7 Å². The van der Waals surface area contributed by atoms with Gasteiger partial charge in [-0.05, 0) is 31.5 Å². The Kier molecular flexibility index (Phi) is 7.56. The van der Waals surface area contributed by atoms with Gasteiger partial charge in [0.1, 0.15) is 0 Å². The average molecular weight is 363 g/mol. The fourth-order valence-corrected chi connectivity index (χ4v) is 10.3. The molecule has 1 atom stereocenters. The highest BCUT2D eigenvalue weighted by molar-refractivity contribution is 7.75. The van der Waals surface area contributed by atoms with Crippen molar-refractivity contribution < 1.29 is 13.3 Å². The minimum absolute atomic E-state index is 0.0994. The number of nitrogens with two attached hydrogens (primary N) is 1. The van der Waals surface area contributed by atoms with Crippen molar-refractivity contribution in [2.45, 2.75) is 11.7 Å². The fourth-order valence-electron chi connectivity index (χ4n) is 2.97. The van der Waals surface area contributed by atoms with Gasteiger partial charge in [0.25, 0.3) is 0 Å². The van der Waals surface area contributed by atoms with Gasteiger partial charge in [0.15, 0.2) is 0 Å². The minimum Gasteiger partial charge on any atom is -0.376 e. The second kappa shape index (κ2) is 9.42. The molecule has 2 aromatic rings. The first-order chi connectivity index (χ1) is 11.7. The average Bonchev–Trinajstić information content (AvgIpc) is 2.66. The Hall–Kier alpha value is -1.07. The van der Waals surface area contributed by atoms with Gasteiger partial charge in [-0.25, -0.2) is 0 Å². The Morgan fingerprint density at radius 2 is 1.25 bits per heavy atom. The third kappa shape index (κ3) is 4.12. The number of hydrogen-bond donors (Lipinski definition) is 1. The first-order valence-corrected chi connectivity index (χ1v) is 11.2. The maximum Gasteiger partial charge on any atom is 0.508 e. The van der Waals surface area contributed by atoms with Gasteiger partial charge < -0.3 is 19.0 Å². The van der Waals surface area contributed by atoms with Crippen molar-refractivity contribution in [1.82, 2.24) is 0 Å². The van der Waals surface area contributed by atoms with Crippen LogP contribution in [0, 0.1) is 0 Å². The summed E-state index contributed by atoms with van der Waals surface area (Å²) in [6.07, 6.45) is 0.789. The topological polar surface area (TPSA) is 53.7 Å². The molecule has 0 bridgehead atoms. The first-order valence-electron chi connectivity index (χ1n) is 7.97. The van der Waals surface area contributed by atoms with Crippen LogP contribution in [0.25, 0.3) is 0 Å². The van der Waals surface area contributed by atoms with E-state index in [1.165, 1.54) is 10.6 Å². The molecule has 130 valence electrons. The molecule has 0 aromatic heterocycles. The standard InChI is InChI=1S/C18H26NO3PSi/c1-20-24(21-2,22-3)18(14-15-19)23(16-10-6-4-7-11-16)17-12-8-5-9-13-17/h4-13,18H,14-15,19H2,1-3H3. The van der Waals surface area contributed by atoms with Crippen molar-refractivity contribution in [3.05, 3.63) is 60.7 Å². The fraction of sp³-hybridized carbons (Fsp3) is 0.333. The lowest BCUT2D eigenvalue weighted by molar-refractivity contribution is 0.120. The van der Waals surface area contributed by atoms with E-state index >= 15 is 0 Å². The van der Waals surface area contributed by atoms with Crippen LogP contribution in [0.2, 0.25) is 0 Å². The van der Waals surface area contributed by atoms with E-state index in [1.54, 1.807) is 21.3 Å². The molecule has 0 spiro atoms. The molecule has 1 unspecified atom stereocenters. The van der Waals surface area contributed by atoms with E-state index < -0.39 is 16.7 Å². The van der Waals surface area contributed by atoms with Crippen molar-refractivity contribution in [3.8, 4) is 0 Å². The molecular weight excluding hydrogens is 337 g/mol. The minimum atomic E-state index is -2.85. The van der Waals surface area contributed by atoms with E-state index in [4.69, 9.17) is 19.0 Å². The van der Waals surface area contributed by atoms with Crippen LogP contribution in [0.3, 0.4) is 0 Å². The van der Waals surface area contributed by atoms with E-state index in [2.05, 4.69) is 48.5 Å². The molecule has 2 rings (SSSR count). The second-order valence-electron chi connectivity index (χ2n) is 5.35. The van der Waals surface area contributed by atoms with E-state index in [1.807, 2.05) is 12.1 Å². The van der Waals surface area contributed by atoms with Gasteiger partial charge in [-0.2, -0.15) is 0 Å². The molecule has 2 N–H and O–H groups in total. The zero-order chi connectivity index (χ0) is 17.4. The van der Waals surface area contributed by atoms with Gasteiger partial charge >= 0.3 is 8.80 Å². The van der Waals surface area contributed by atoms with Crippen molar-refractivity contribution in [3.63, 3.8) is 0 Å². The monoisotopic (exact) mass is 363 g/mol. The van der Waals surface area contributed by atoms with Crippen molar-refractivity contribution in [1.29, 1.82) is 0 Å². The third-order valence-corrected chi connectivity index (χ3v) is 11.2. The predicted molar refractivity (Wildman–Crippen MR) is 103 cm³/mol. The largest absolute Gasteiger partial charge is 0.508 e. The normalized spacial score (nSPS) is 13.2. The molecule has 0 saturated carbocycles. The lowest BCUT2D eigenvalue weighted by Crippen LogP contribution is -2.55. The van der Waals surface area contributed by atoms with Crippen LogP contribution in [0.15, 0.2) is 60.7 Å². The summed E-state index contributed by atoms with van der Waals surface area (Å²) in [5.74, 6) is 0. The predicted octanol–water partition coefficient (Wildman–Crippen LogP) is 2.25.